The quantitative estimate of drug-likeness (QED) is 0.585. The highest BCUT2D eigenvalue weighted by atomic mass is 16.7. The van der Waals surface area contributed by atoms with Crippen LogP contribution < -0.4 is 9.47 Å². The first-order valence-electron chi connectivity index (χ1n) is 9.34. The molecule has 6 atom stereocenters. The summed E-state index contributed by atoms with van der Waals surface area (Å²) in [6, 6.07) is 14.0. The van der Waals surface area contributed by atoms with E-state index in [1.165, 1.54) is 12.1 Å². The molecule has 0 aliphatic carbocycles. The van der Waals surface area contributed by atoms with Crippen LogP contribution in [0.25, 0.3) is 0 Å². The minimum atomic E-state index is -1.54. The predicted molar refractivity (Wildman–Crippen MR) is 99.6 cm³/mol. The lowest BCUT2D eigenvalue weighted by Gasteiger charge is -2.39. The van der Waals surface area contributed by atoms with Gasteiger partial charge in [0.1, 0.15) is 42.0 Å². The molecule has 2 heterocycles. The van der Waals surface area contributed by atoms with Crippen molar-refractivity contribution >= 4 is 5.78 Å². The standard InChI is InChI=1S/C21H22O8/c22-10-17-18(24)19(25)20(26)21(29-17)27-12-6-7-13-14(23)9-15(28-16(13)8-12)11-4-2-1-3-5-11/h1-8,15,17-22,24-26H,9-10H2. The second kappa shape index (κ2) is 8.10. The normalized spacial score (nSPS) is 31.7. The maximum atomic E-state index is 12.5. The molecular formula is C21H22O8. The van der Waals surface area contributed by atoms with Gasteiger partial charge in [-0.05, 0) is 17.7 Å². The van der Waals surface area contributed by atoms with E-state index >= 15 is 0 Å². The van der Waals surface area contributed by atoms with Crippen LogP contribution in [0.5, 0.6) is 11.5 Å². The van der Waals surface area contributed by atoms with Gasteiger partial charge in [0, 0.05) is 6.07 Å². The van der Waals surface area contributed by atoms with Crippen molar-refractivity contribution in [3.63, 3.8) is 0 Å². The lowest BCUT2D eigenvalue weighted by atomic mass is 9.96. The van der Waals surface area contributed by atoms with Crippen LogP contribution in [-0.2, 0) is 4.74 Å². The predicted octanol–water partition coefficient (Wildman–Crippen LogP) is 0.572. The minimum Gasteiger partial charge on any atom is -0.484 e. The molecule has 0 saturated carbocycles. The fourth-order valence-electron chi connectivity index (χ4n) is 3.53. The summed E-state index contributed by atoms with van der Waals surface area (Å²) in [4.78, 5) is 12.5. The summed E-state index contributed by atoms with van der Waals surface area (Å²) in [6.45, 7) is -0.550. The summed E-state index contributed by atoms with van der Waals surface area (Å²) >= 11 is 0. The van der Waals surface area contributed by atoms with Gasteiger partial charge in [-0.2, -0.15) is 0 Å². The van der Waals surface area contributed by atoms with Gasteiger partial charge in [-0.25, -0.2) is 0 Å². The Kier molecular flexibility index (Phi) is 5.53. The van der Waals surface area contributed by atoms with Crippen LogP contribution in [-0.4, -0.2) is 63.5 Å². The highest BCUT2D eigenvalue weighted by Crippen LogP contribution is 2.37. The van der Waals surface area contributed by atoms with Crippen molar-refractivity contribution < 1.29 is 39.4 Å². The first-order valence-corrected chi connectivity index (χ1v) is 9.34. The van der Waals surface area contributed by atoms with Crippen molar-refractivity contribution in [3.05, 3.63) is 59.7 Å². The summed E-state index contributed by atoms with van der Waals surface area (Å²) in [6.07, 6.45) is -7.11. The highest BCUT2D eigenvalue weighted by Gasteiger charge is 2.44. The van der Waals surface area contributed by atoms with E-state index in [1.807, 2.05) is 30.3 Å². The summed E-state index contributed by atoms with van der Waals surface area (Å²) in [5.74, 6) is 0.534. The van der Waals surface area contributed by atoms with Gasteiger partial charge in [0.2, 0.25) is 6.29 Å². The van der Waals surface area contributed by atoms with Gasteiger partial charge in [0.15, 0.2) is 5.78 Å². The van der Waals surface area contributed by atoms with Gasteiger partial charge in [-0.3, -0.25) is 4.79 Å². The van der Waals surface area contributed by atoms with Crippen LogP contribution in [0.15, 0.2) is 48.5 Å². The molecule has 2 aliphatic rings. The fourth-order valence-corrected chi connectivity index (χ4v) is 3.53. The second-order valence-corrected chi connectivity index (χ2v) is 7.12. The topological polar surface area (TPSA) is 126 Å². The Labute approximate surface area is 166 Å². The van der Waals surface area contributed by atoms with E-state index < -0.39 is 43.4 Å². The van der Waals surface area contributed by atoms with Gasteiger partial charge < -0.3 is 34.6 Å². The molecule has 0 radical (unpaired) electrons. The number of ether oxygens (including phenoxy) is 3. The Bertz CT molecular complexity index is 868. The molecular weight excluding hydrogens is 380 g/mol. The molecule has 4 rings (SSSR count). The van der Waals surface area contributed by atoms with E-state index in [9.17, 15) is 25.2 Å². The molecule has 2 aliphatic heterocycles. The first kappa shape index (κ1) is 19.8. The van der Waals surface area contributed by atoms with Crippen molar-refractivity contribution in [2.75, 3.05) is 6.61 Å². The minimum absolute atomic E-state index is 0.0560. The smallest absolute Gasteiger partial charge is 0.229 e. The Morgan fingerprint density at radius 2 is 1.76 bits per heavy atom. The van der Waals surface area contributed by atoms with Crippen molar-refractivity contribution in [3.8, 4) is 11.5 Å². The van der Waals surface area contributed by atoms with E-state index in [0.717, 1.165) is 5.56 Å². The van der Waals surface area contributed by atoms with E-state index in [1.54, 1.807) is 6.07 Å². The van der Waals surface area contributed by atoms with Crippen molar-refractivity contribution in [2.45, 2.75) is 43.2 Å². The molecule has 6 unspecified atom stereocenters. The zero-order valence-electron chi connectivity index (χ0n) is 15.4. The zero-order valence-corrected chi connectivity index (χ0v) is 15.4. The monoisotopic (exact) mass is 402 g/mol. The third kappa shape index (κ3) is 3.85. The van der Waals surface area contributed by atoms with Crippen LogP contribution in [0.3, 0.4) is 0 Å². The molecule has 29 heavy (non-hydrogen) atoms. The van der Waals surface area contributed by atoms with Crippen LogP contribution in [0.1, 0.15) is 28.4 Å². The van der Waals surface area contributed by atoms with Gasteiger partial charge in [0.05, 0.1) is 18.6 Å². The van der Waals surface area contributed by atoms with Crippen molar-refractivity contribution in [1.82, 2.24) is 0 Å². The summed E-state index contributed by atoms with van der Waals surface area (Å²) in [5.41, 5.74) is 1.31. The number of fused-ring (bicyclic) bond motifs is 1. The number of carbonyl (C=O) groups is 1. The number of Topliss-reactive ketones (excluding diaryl/α,β-unsaturated/α-hetero) is 1. The van der Waals surface area contributed by atoms with Gasteiger partial charge in [-0.15, -0.1) is 0 Å². The average Bonchev–Trinajstić information content (AvgIpc) is 2.74. The Hall–Kier alpha value is -2.49. The molecule has 0 spiro atoms. The number of aliphatic hydroxyl groups is 4. The van der Waals surface area contributed by atoms with Gasteiger partial charge in [-0.1, -0.05) is 30.3 Å². The van der Waals surface area contributed by atoms with Crippen LogP contribution in [0.4, 0.5) is 0 Å². The van der Waals surface area contributed by atoms with E-state index in [-0.39, 0.29) is 18.0 Å². The molecule has 0 amide bonds. The van der Waals surface area contributed by atoms with Crippen molar-refractivity contribution in [1.29, 1.82) is 0 Å². The molecule has 0 bridgehead atoms. The maximum absolute atomic E-state index is 12.5. The van der Waals surface area contributed by atoms with E-state index in [4.69, 9.17) is 14.2 Å². The molecule has 8 heteroatoms. The Balaban J connectivity index is 1.54. The van der Waals surface area contributed by atoms with Crippen LogP contribution in [0, 0.1) is 0 Å². The largest absolute Gasteiger partial charge is 0.484 e. The fraction of sp³-hybridized carbons (Fsp3) is 0.381. The third-order valence-electron chi connectivity index (χ3n) is 5.17. The zero-order chi connectivity index (χ0) is 20.5. The number of ketones is 1. The Morgan fingerprint density at radius 1 is 1.00 bits per heavy atom. The SMILES string of the molecule is O=C1CC(c2ccccc2)Oc2cc(OC3OC(CO)C(O)C(O)C3O)ccc21. The Morgan fingerprint density at radius 3 is 2.48 bits per heavy atom. The lowest BCUT2D eigenvalue weighted by Crippen LogP contribution is -2.60. The van der Waals surface area contributed by atoms with Gasteiger partial charge >= 0.3 is 0 Å². The summed E-state index contributed by atoms with van der Waals surface area (Å²) in [7, 11) is 0. The molecule has 1 saturated heterocycles. The summed E-state index contributed by atoms with van der Waals surface area (Å²) < 4.78 is 17.0. The highest BCUT2D eigenvalue weighted by molar-refractivity contribution is 6.00. The molecule has 4 N–H and O–H groups in total. The second-order valence-electron chi connectivity index (χ2n) is 7.12. The molecule has 2 aromatic carbocycles. The number of rotatable bonds is 4. The molecule has 2 aromatic rings. The van der Waals surface area contributed by atoms with E-state index in [2.05, 4.69) is 0 Å². The van der Waals surface area contributed by atoms with E-state index in [0.29, 0.717) is 11.3 Å². The molecule has 8 nitrogen and oxygen atoms in total. The maximum Gasteiger partial charge on any atom is 0.229 e. The lowest BCUT2D eigenvalue weighted by molar-refractivity contribution is -0.277. The first-order chi connectivity index (χ1) is 14.0. The average molecular weight is 402 g/mol. The number of benzene rings is 2. The molecule has 0 aromatic heterocycles. The van der Waals surface area contributed by atoms with Gasteiger partial charge in [0.25, 0.3) is 0 Å². The number of hydrogen-bond acceptors (Lipinski definition) is 8. The number of hydrogen-bond donors (Lipinski definition) is 4. The summed E-state index contributed by atoms with van der Waals surface area (Å²) in [5, 5.41) is 39.2. The van der Waals surface area contributed by atoms with Crippen molar-refractivity contribution in [2.24, 2.45) is 0 Å². The number of carbonyl (C=O) groups excluding carboxylic acids is 1. The van der Waals surface area contributed by atoms with Crippen LogP contribution >= 0.6 is 0 Å². The molecule has 1 fully saturated rings. The number of aliphatic hydroxyl groups excluding tert-OH is 4. The third-order valence-corrected chi connectivity index (χ3v) is 5.17. The molecule has 154 valence electrons. The van der Waals surface area contributed by atoms with Crippen LogP contribution in [0.2, 0.25) is 0 Å².